The highest BCUT2D eigenvalue weighted by Crippen LogP contribution is 2.41. The summed E-state index contributed by atoms with van der Waals surface area (Å²) in [6, 6.07) is 10.3. The van der Waals surface area contributed by atoms with E-state index in [1.54, 1.807) is 0 Å². The first kappa shape index (κ1) is 14.4. The fraction of sp³-hybridized carbons (Fsp3) is 0.562. The van der Waals surface area contributed by atoms with Crippen LogP contribution >= 0.6 is 0 Å². The fourth-order valence-electron chi connectivity index (χ4n) is 2.93. The zero-order valence-electron chi connectivity index (χ0n) is 12.1. The smallest absolute Gasteiger partial charge is 0.0766 e. The first-order chi connectivity index (χ1) is 9.54. The second kappa shape index (κ2) is 5.56. The second-order valence-corrected chi connectivity index (χ2v) is 6.10. The summed E-state index contributed by atoms with van der Waals surface area (Å²) in [4.78, 5) is 3.08. The number of nitriles is 1. The lowest BCUT2D eigenvalue weighted by Gasteiger charge is -2.34. The maximum absolute atomic E-state index is 9.28. The van der Waals surface area contributed by atoms with Crippen molar-refractivity contribution in [3.63, 3.8) is 0 Å². The lowest BCUT2D eigenvalue weighted by atomic mass is 9.75. The monoisotopic (exact) mass is 268 g/mol. The van der Waals surface area contributed by atoms with Crippen LogP contribution in [0.2, 0.25) is 0 Å². The van der Waals surface area contributed by atoms with E-state index in [4.69, 9.17) is 5.53 Å². The van der Waals surface area contributed by atoms with E-state index in [-0.39, 0.29) is 0 Å². The molecule has 0 heterocycles. The molecule has 0 amide bonds. The molecule has 0 radical (unpaired) electrons. The molecular weight excluding hydrogens is 248 g/mol. The molecule has 1 fully saturated rings. The molecule has 20 heavy (non-hydrogen) atoms. The highest BCUT2D eigenvalue weighted by Gasteiger charge is 2.34. The lowest BCUT2D eigenvalue weighted by molar-refractivity contribution is 0.301. The van der Waals surface area contributed by atoms with Crippen molar-refractivity contribution in [2.75, 3.05) is 0 Å². The quantitative estimate of drug-likeness (QED) is 0.434. The van der Waals surface area contributed by atoms with Gasteiger partial charge in [-0.1, -0.05) is 48.6 Å². The van der Waals surface area contributed by atoms with Crippen molar-refractivity contribution >= 4 is 0 Å². The van der Waals surface area contributed by atoms with Crippen molar-refractivity contribution in [2.24, 2.45) is 5.11 Å². The van der Waals surface area contributed by atoms with Gasteiger partial charge in [0.15, 0.2) is 0 Å². The van der Waals surface area contributed by atoms with Crippen LogP contribution < -0.4 is 0 Å². The number of rotatable bonds is 3. The van der Waals surface area contributed by atoms with Crippen molar-refractivity contribution in [1.29, 1.82) is 5.26 Å². The van der Waals surface area contributed by atoms with Crippen LogP contribution in [0.15, 0.2) is 29.4 Å². The third kappa shape index (κ3) is 2.64. The number of hydrogen-bond acceptors (Lipinski definition) is 2. The molecule has 0 atom stereocenters. The fourth-order valence-corrected chi connectivity index (χ4v) is 2.93. The zero-order valence-corrected chi connectivity index (χ0v) is 12.1. The van der Waals surface area contributed by atoms with E-state index in [0.29, 0.717) is 0 Å². The van der Waals surface area contributed by atoms with E-state index in [9.17, 15) is 5.26 Å². The summed E-state index contributed by atoms with van der Waals surface area (Å²) in [6.45, 7) is 3.82. The Morgan fingerprint density at radius 1 is 1.30 bits per heavy atom. The summed E-state index contributed by atoms with van der Waals surface area (Å²) in [5.41, 5.74) is 10.0. The van der Waals surface area contributed by atoms with Gasteiger partial charge in [0.25, 0.3) is 0 Å². The van der Waals surface area contributed by atoms with Crippen LogP contribution in [0, 0.1) is 11.3 Å². The van der Waals surface area contributed by atoms with Gasteiger partial charge in [-0.2, -0.15) is 5.26 Å². The van der Waals surface area contributed by atoms with Crippen LogP contribution in [0.3, 0.4) is 0 Å². The molecule has 0 unspecified atom stereocenters. The Kier molecular flexibility index (Phi) is 4.01. The number of azide groups is 1. The molecule has 0 bridgehead atoms. The Balaban J connectivity index is 2.48. The molecule has 0 N–H and O–H groups in total. The van der Waals surface area contributed by atoms with Gasteiger partial charge in [0, 0.05) is 4.91 Å². The maximum atomic E-state index is 9.28. The SMILES string of the molecule is CC(C)(C#N)c1cccc(C2(N=[N+]=[N-])CCCCC2)c1. The summed E-state index contributed by atoms with van der Waals surface area (Å²) in [5, 5.41) is 13.4. The molecule has 1 aliphatic carbocycles. The van der Waals surface area contributed by atoms with Crippen molar-refractivity contribution in [2.45, 2.75) is 56.9 Å². The molecule has 0 spiro atoms. The van der Waals surface area contributed by atoms with Crippen LogP contribution in [0.5, 0.6) is 0 Å². The number of benzene rings is 1. The minimum Gasteiger partial charge on any atom is -0.197 e. The van der Waals surface area contributed by atoms with Gasteiger partial charge in [-0.3, -0.25) is 0 Å². The molecule has 0 aromatic heterocycles. The lowest BCUT2D eigenvalue weighted by Crippen LogP contribution is -2.27. The summed E-state index contributed by atoms with van der Waals surface area (Å²) in [6.07, 6.45) is 5.17. The molecule has 1 aliphatic rings. The Labute approximate surface area is 120 Å². The van der Waals surface area contributed by atoms with Crippen LogP contribution in [-0.4, -0.2) is 0 Å². The first-order valence-electron chi connectivity index (χ1n) is 7.13. The molecule has 0 aliphatic heterocycles. The molecular formula is C16H20N4. The Hall–Kier alpha value is -1.98. The highest BCUT2D eigenvalue weighted by atomic mass is 15.2. The summed E-state index contributed by atoms with van der Waals surface area (Å²) >= 11 is 0. The van der Waals surface area contributed by atoms with Gasteiger partial charge in [-0.25, -0.2) is 0 Å². The average Bonchev–Trinajstić information content (AvgIpc) is 2.49. The molecule has 1 saturated carbocycles. The Bertz CT molecular complexity index is 570. The minimum atomic E-state index is -0.526. The van der Waals surface area contributed by atoms with E-state index in [1.807, 2.05) is 38.1 Å². The molecule has 1 aromatic rings. The Morgan fingerprint density at radius 3 is 2.60 bits per heavy atom. The largest absolute Gasteiger partial charge is 0.197 e. The normalized spacial score (nSPS) is 17.9. The van der Waals surface area contributed by atoms with Gasteiger partial charge in [0.05, 0.1) is 17.0 Å². The van der Waals surface area contributed by atoms with E-state index in [1.165, 1.54) is 6.42 Å². The van der Waals surface area contributed by atoms with E-state index < -0.39 is 11.0 Å². The zero-order chi connectivity index (χ0) is 14.6. The molecule has 1 aromatic carbocycles. The predicted molar refractivity (Wildman–Crippen MR) is 79.0 cm³/mol. The third-order valence-corrected chi connectivity index (χ3v) is 4.32. The predicted octanol–water partition coefficient (Wildman–Crippen LogP) is 4.96. The van der Waals surface area contributed by atoms with E-state index in [2.05, 4.69) is 16.1 Å². The van der Waals surface area contributed by atoms with Gasteiger partial charge in [0.1, 0.15) is 0 Å². The first-order valence-corrected chi connectivity index (χ1v) is 7.13. The third-order valence-electron chi connectivity index (χ3n) is 4.32. The molecule has 4 heteroatoms. The standard InChI is InChI=1S/C16H20N4/c1-15(2,12-17)13-7-6-8-14(11-13)16(19-20-18)9-4-3-5-10-16/h6-8,11H,3-5,9-10H2,1-2H3. The van der Waals surface area contributed by atoms with Crippen molar-refractivity contribution in [3.8, 4) is 6.07 Å². The summed E-state index contributed by atoms with van der Waals surface area (Å²) in [7, 11) is 0. The minimum absolute atomic E-state index is 0.422. The van der Waals surface area contributed by atoms with Crippen molar-refractivity contribution < 1.29 is 0 Å². The highest BCUT2D eigenvalue weighted by molar-refractivity contribution is 5.37. The van der Waals surface area contributed by atoms with E-state index in [0.717, 1.165) is 36.8 Å². The van der Waals surface area contributed by atoms with Gasteiger partial charge in [-0.05, 0) is 43.3 Å². The number of nitrogens with zero attached hydrogens (tertiary/aromatic N) is 4. The van der Waals surface area contributed by atoms with Crippen LogP contribution in [0.4, 0.5) is 0 Å². The van der Waals surface area contributed by atoms with E-state index >= 15 is 0 Å². The second-order valence-electron chi connectivity index (χ2n) is 6.10. The van der Waals surface area contributed by atoms with Crippen molar-refractivity contribution in [1.82, 2.24) is 0 Å². The van der Waals surface area contributed by atoms with Crippen molar-refractivity contribution in [3.05, 3.63) is 45.8 Å². The summed E-state index contributed by atoms with van der Waals surface area (Å²) < 4.78 is 0. The molecule has 104 valence electrons. The van der Waals surface area contributed by atoms with Crippen LogP contribution in [-0.2, 0) is 11.0 Å². The molecule has 0 saturated heterocycles. The molecule has 4 nitrogen and oxygen atoms in total. The Morgan fingerprint density at radius 2 is 2.00 bits per heavy atom. The average molecular weight is 268 g/mol. The van der Waals surface area contributed by atoms with Gasteiger partial charge in [-0.15, -0.1) is 0 Å². The topological polar surface area (TPSA) is 72.5 Å². The summed E-state index contributed by atoms with van der Waals surface area (Å²) in [5.74, 6) is 0. The maximum Gasteiger partial charge on any atom is 0.0766 e. The van der Waals surface area contributed by atoms with Gasteiger partial charge in [0.2, 0.25) is 0 Å². The van der Waals surface area contributed by atoms with Crippen LogP contribution in [0.1, 0.15) is 57.1 Å². The molecule has 2 rings (SSSR count). The van der Waals surface area contributed by atoms with Gasteiger partial charge < -0.3 is 0 Å². The number of hydrogen-bond donors (Lipinski definition) is 0. The van der Waals surface area contributed by atoms with Gasteiger partial charge >= 0.3 is 0 Å². The van der Waals surface area contributed by atoms with Crippen LogP contribution in [0.25, 0.3) is 10.4 Å².